The van der Waals surface area contributed by atoms with Crippen molar-refractivity contribution in [3.05, 3.63) is 15.6 Å². The summed E-state index contributed by atoms with van der Waals surface area (Å²) < 4.78 is 0. The Morgan fingerprint density at radius 1 is 1.26 bits per heavy atom. The van der Waals surface area contributed by atoms with Crippen molar-refractivity contribution >= 4 is 23.1 Å². The number of aryl methyl sites for hydroxylation is 2. The van der Waals surface area contributed by atoms with Gasteiger partial charge < -0.3 is 0 Å². The van der Waals surface area contributed by atoms with Gasteiger partial charge in [-0.2, -0.15) is 11.8 Å². The highest BCUT2D eigenvalue weighted by molar-refractivity contribution is 7.99. The third-order valence-electron chi connectivity index (χ3n) is 4.46. The summed E-state index contributed by atoms with van der Waals surface area (Å²) >= 11 is 4.01. The largest absolute Gasteiger partial charge is 0.294 e. The van der Waals surface area contributed by atoms with Crippen molar-refractivity contribution in [2.24, 2.45) is 0 Å². The minimum atomic E-state index is 0.669. The SMILES string of the molecule is CS[C@@H]1CCCCN([C@H]2CCCc3nc(C)sc32)C1. The van der Waals surface area contributed by atoms with Gasteiger partial charge in [-0.15, -0.1) is 11.3 Å². The van der Waals surface area contributed by atoms with Crippen LogP contribution in [0.5, 0.6) is 0 Å². The van der Waals surface area contributed by atoms with Crippen LogP contribution in [-0.4, -0.2) is 34.5 Å². The molecule has 1 aliphatic heterocycles. The molecule has 1 aliphatic carbocycles. The molecule has 2 heterocycles. The van der Waals surface area contributed by atoms with Gasteiger partial charge in [-0.05, 0) is 51.8 Å². The summed E-state index contributed by atoms with van der Waals surface area (Å²) in [4.78, 5) is 9.10. The Morgan fingerprint density at radius 2 is 2.16 bits per heavy atom. The molecule has 0 spiro atoms. The van der Waals surface area contributed by atoms with Gasteiger partial charge in [0.1, 0.15) is 0 Å². The summed E-state index contributed by atoms with van der Waals surface area (Å²) in [7, 11) is 0. The van der Waals surface area contributed by atoms with Crippen LogP contribution >= 0.6 is 23.1 Å². The first-order valence-electron chi connectivity index (χ1n) is 7.51. The number of fused-ring (bicyclic) bond motifs is 1. The highest BCUT2D eigenvalue weighted by atomic mass is 32.2. The molecule has 1 aromatic rings. The molecule has 1 saturated heterocycles. The molecule has 4 heteroatoms. The van der Waals surface area contributed by atoms with E-state index in [2.05, 4.69) is 29.8 Å². The lowest BCUT2D eigenvalue weighted by molar-refractivity contribution is 0.190. The number of hydrogen-bond donors (Lipinski definition) is 0. The molecule has 0 aromatic carbocycles. The van der Waals surface area contributed by atoms with Crippen LogP contribution in [0.15, 0.2) is 0 Å². The lowest BCUT2D eigenvalue weighted by Crippen LogP contribution is -2.34. The lowest BCUT2D eigenvalue weighted by atomic mass is 9.96. The zero-order valence-electron chi connectivity index (χ0n) is 12.0. The Balaban J connectivity index is 1.81. The van der Waals surface area contributed by atoms with Gasteiger partial charge in [0.15, 0.2) is 0 Å². The summed E-state index contributed by atoms with van der Waals surface area (Å²) in [6.07, 6.45) is 10.3. The molecular formula is C15H24N2S2. The number of likely N-dealkylation sites (tertiary alicyclic amines) is 1. The van der Waals surface area contributed by atoms with Crippen molar-refractivity contribution in [3.8, 4) is 0 Å². The van der Waals surface area contributed by atoms with E-state index in [-0.39, 0.29) is 0 Å². The van der Waals surface area contributed by atoms with E-state index in [1.54, 1.807) is 4.88 Å². The van der Waals surface area contributed by atoms with Crippen LogP contribution in [0.2, 0.25) is 0 Å². The Kier molecular flexibility index (Phi) is 4.50. The molecule has 0 amide bonds. The van der Waals surface area contributed by atoms with E-state index in [0.717, 1.165) is 5.25 Å². The molecule has 106 valence electrons. The first-order valence-corrected chi connectivity index (χ1v) is 9.61. The van der Waals surface area contributed by atoms with Gasteiger partial charge in [0.25, 0.3) is 0 Å². The Labute approximate surface area is 125 Å². The van der Waals surface area contributed by atoms with E-state index in [9.17, 15) is 0 Å². The maximum atomic E-state index is 4.75. The molecule has 1 aromatic heterocycles. The fourth-order valence-corrected chi connectivity index (χ4v) is 5.36. The average molecular weight is 297 g/mol. The van der Waals surface area contributed by atoms with Crippen LogP contribution in [0.25, 0.3) is 0 Å². The first-order chi connectivity index (χ1) is 9.28. The Morgan fingerprint density at radius 3 is 3.00 bits per heavy atom. The molecular weight excluding hydrogens is 272 g/mol. The van der Waals surface area contributed by atoms with Crippen molar-refractivity contribution < 1.29 is 0 Å². The topological polar surface area (TPSA) is 16.1 Å². The van der Waals surface area contributed by atoms with Crippen LogP contribution in [-0.2, 0) is 6.42 Å². The van der Waals surface area contributed by atoms with Gasteiger partial charge in [0, 0.05) is 22.7 Å². The van der Waals surface area contributed by atoms with E-state index in [4.69, 9.17) is 4.98 Å². The molecule has 2 nitrogen and oxygen atoms in total. The molecule has 2 atom stereocenters. The third kappa shape index (κ3) is 3.01. The molecule has 0 unspecified atom stereocenters. The Bertz CT molecular complexity index is 430. The maximum Gasteiger partial charge on any atom is 0.0900 e. The summed E-state index contributed by atoms with van der Waals surface area (Å²) in [5.74, 6) is 0. The minimum Gasteiger partial charge on any atom is -0.294 e. The summed E-state index contributed by atoms with van der Waals surface area (Å²) in [6, 6.07) is 0.669. The number of aromatic nitrogens is 1. The third-order valence-corrected chi connectivity index (χ3v) is 6.63. The normalized spacial score (nSPS) is 28.9. The van der Waals surface area contributed by atoms with E-state index >= 15 is 0 Å². The summed E-state index contributed by atoms with van der Waals surface area (Å²) in [6.45, 7) is 4.73. The minimum absolute atomic E-state index is 0.669. The average Bonchev–Trinajstić information content (AvgIpc) is 2.65. The van der Waals surface area contributed by atoms with Crippen LogP contribution in [0.1, 0.15) is 53.7 Å². The highest BCUT2D eigenvalue weighted by Gasteiger charge is 2.30. The van der Waals surface area contributed by atoms with E-state index < -0.39 is 0 Å². The molecule has 2 aliphatic rings. The molecule has 0 saturated carbocycles. The highest BCUT2D eigenvalue weighted by Crippen LogP contribution is 2.39. The van der Waals surface area contributed by atoms with Crippen molar-refractivity contribution in [3.63, 3.8) is 0 Å². The number of rotatable bonds is 2. The van der Waals surface area contributed by atoms with Crippen molar-refractivity contribution in [1.29, 1.82) is 0 Å². The predicted octanol–water partition coefficient (Wildman–Crippen LogP) is 4.05. The van der Waals surface area contributed by atoms with E-state index in [1.807, 2.05) is 11.3 Å². The monoisotopic (exact) mass is 296 g/mol. The maximum absolute atomic E-state index is 4.75. The van der Waals surface area contributed by atoms with Gasteiger partial charge in [0.2, 0.25) is 0 Å². The molecule has 1 fully saturated rings. The van der Waals surface area contributed by atoms with Gasteiger partial charge in [-0.25, -0.2) is 4.98 Å². The fourth-order valence-electron chi connectivity index (χ4n) is 3.47. The molecule has 3 rings (SSSR count). The fraction of sp³-hybridized carbons (Fsp3) is 0.800. The number of thioether (sulfide) groups is 1. The zero-order chi connectivity index (χ0) is 13.2. The van der Waals surface area contributed by atoms with Crippen molar-refractivity contribution in [2.75, 3.05) is 19.3 Å². The standard InChI is InChI=1S/C15H24N2S2/c1-11-16-13-7-5-8-14(15(13)19-11)17-9-4-3-6-12(10-17)18-2/h12,14H,3-10H2,1-2H3/t12-,14+/m1/s1. The Hall–Kier alpha value is -0.0600. The number of hydrogen-bond acceptors (Lipinski definition) is 4. The van der Waals surface area contributed by atoms with E-state index in [0.29, 0.717) is 6.04 Å². The molecule has 0 N–H and O–H groups in total. The lowest BCUT2D eigenvalue weighted by Gasteiger charge is -2.34. The number of nitrogens with zero attached hydrogens (tertiary/aromatic N) is 2. The van der Waals surface area contributed by atoms with Crippen LogP contribution in [0, 0.1) is 6.92 Å². The predicted molar refractivity (Wildman–Crippen MR) is 85.3 cm³/mol. The van der Waals surface area contributed by atoms with Gasteiger partial charge in [-0.3, -0.25) is 4.90 Å². The van der Waals surface area contributed by atoms with Gasteiger partial charge >= 0.3 is 0 Å². The summed E-state index contributed by atoms with van der Waals surface area (Å²) in [5.41, 5.74) is 1.41. The second-order valence-electron chi connectivity index (χ2n) is 5.80. The van der Waals surface area contributed by atoms with Crippen LogP contribution in [0.3, 0.4) is 0 Å². The van der Waals surface area contributed by atoms with Crippen molar-refractivity contribution in [1.82, 2.24) is 9.88 Å². The second-order valence-corrected chi connectivity index (χ2v) is 8.17. The van der Waals surface area contributed by atoms with Crippen molar-refractivity contribution in [2.45, 2.75) is 56.7 Å². The van der Waals surface area contributed by atoms with Gasteiger partial charge in [0.05, 0.1) is 10.7 Å². The quantitative estimate of drug-likeness (QED) is 0.819. The molecule has 0 radical (unpaired) electrons. The molecule has 0 bridgehead atoms. The van der Waals surface area contributed by atoms with Crippen LogP contribution < -0.4 is 0 Å². The first kappa shape index (κ1) is 13.9. The molecule has 19 heavy (non-hydrogen) atoms. The van der Waals surface area contributed by atoms with E-state index in [1.165, 1.54) is 62.3 Å². The second kappa shape index (κ2) is 6.15. The van der Waals surface area contributed by atoms with Crippen LogP contribution in [0.4, 0.5) is 0 Å². The zero-order valence-corrected chi connectivity index (χ0v) is 13.7. The van der Waals surface area contributed by atoms with Gasteiger partial charge in [-0.1, -0.05) is 6.42 Å². The summed E-state index contributed by atoms with van der Waals surface area (Å²) in [5, 5.41) is 2.09. The smallest absolute Gasteiger partial charge is 0.0900 e. The number of thiazole rings is 1.